The van der Waals surface area contributed by atoms with E-state index in [0.717, 1.165) is 38.5 Å². The maximum atomic E-state index is 12.5. The van der Waals surface area contributed by atoms with E-state index in [4.69, 9.17) is 0 Å². The quantitative estimate of drug-likeness (QED) is 0.0420. The van der Waals surface area contributed by atoms with E-state index in [1.54, 1.807) is 6.08 Å². The molecule has 75 heavy (non-hydrogen) atoms. The Bertz CT molecular complexity index is 1190. The normalized spacial score (nSPS) is 13.0. The number of unbranched alkanes of at least 4 members (excludes halogenated alkanes) is 51. The first-order chi connectivity index (χ1) is 37.2. The minimum absolute atomic E-state index is 0.0562. The number of hydrogen-bond donors (Lipinski definition) is 3. The standard InChI is InChI=1S/C71H135NO3/c1-3-5-7-9-11-13-15-17-19-21-23-25-27-29-30-31-32-33-34-35-36-37-38-39-40-41-42-43-45-47-49-51-53-55-57-59-61-63-65-67-71(75)72-69(68-73)70(74)66-64-62-60-58-56-54-52-50-48-46-44-28-26-24-22-20-18-16-14-12-10-8-6-4-2/h15,17,21,23,27,29,64,66,69-70,73-74H,3-14,16,18-20,22,24-26,28,30-63,65,67-68H2,1-2H3,(H,72,75)/b17-15-,23-21-,29-27-,66-64+. The lowest BCUT2D eigenvalue weighted by atomic mass is 10.0. The molecule has 0 aromatic rings. The van der Waals surface area contributed by atoms with Crippen molar-refractivity contribution >= 4 is 5.91 Å². The summed E-state index contributed by atoms with van der Waals surface area (Å²) in [6.45, 7) is 4.34. The second-order valence-corrected chi connectivity index (χ2v) is 23.6. The van der Waals surface area contributed by atoms with Crippen molar-refractivity contribution in [3.05, 3.63) is 48.6 Å². The summed E-state index contributed by atoms with van der Waals surface area (Å²) in [6.07, 6.45) is 93.4. The molecule has 0 saturated heterocycles. The van der Waals surface area contributed by atoms with Gasteiger partial charge in [-0.05, 0) is 57.8 Å². The molecule has 0 bridgehead atoms. The first-order valence-electron chi connectivity index (χ1n) is 34.4. The van der Waals surface area contributed by atoms with Gasteiger partial charge in [-0.15, -0.1) is 0 Å². The number of carbonyl (C=O) groups excluding carboxylic acids is 1. The van der Waals surface area contributed by atoms with Gasteiger partial charge in [0.15, 0.2) is 0 Å². The van der Waals surface area contributed by atoms with Crippen LogP contribution in [-0.4, -0.2) is 34.9 Å². The molecule has 0 radical (unpaired) electrons. The molecule has 0 aliphatic heterocycles. The highest BCUT2D eigenvalue weighted by Gasteiger charge is 2.18. The summed E-state index contributed by atoms with van der Waals surface area (Å²) in [5.41, 5.74) is 0. The minimum Gasteiger partial charge on any atom is -0.394 e. The fourth-order valence-electron chi connectivity index (χ4n) is 10.8. The van der Waals surface area contributed by atoms with Crippen LogP contribution in [0.2, 0.25) is 0 Å². The average molecular weight is 1050 g/mol. The Morgan fingerprint density at radius 3 is 0.813 bits per heavy atom. The first kappa shape index (κ1) is 73.3. The van der Waals surface area contributed by atoms with Crippen LogP contribution in [0.25, 0.3) is 0 Å². The number of carbonyl (C=O) groups is 1. The Morgan fingerprint density at radius 1 is 0.320 bits per heavy atom. The van der Waals surface area contributed by atoms with Crippen molar-refractivity contribution in [2.75, 3.05) is 6.61 Å². The summed E-state index contributed by atoms with van der Waals surface area (Å²) in [7, 11) is 0. The molecule has 2 atom stereocenters. The van der Waals surface area contributed by atoms with Gasteiger partial charge in [-0.3, -0.25) is 4.79 Å². The van der Waals surface area contributed by atoms with E-state index < -0.39 is 12.1 Å². The maximum absolute atomic E-state index is 12.5. The molecule has 0 rings (SSSR count). The van der Waals surface area contributed by atoms with Crippen molar-refractivity contribution in [2.24, 2.45) is 0 Å². The summed E-state index contributed by atoms with van der Waals surface area (Å²) < 4.78 is 0. The van der Waals surface area contributed by atoms with Crippen molar-refractivity contribution in [2.45, 2.75) is 392 Å². The number of aliphatic hydroxyl groups is 2. The number of hydrogen-bond acceptors (Lipinski definition) is 3. The van der Waals surface area contributed by atoms with Crippen LogP contribution in [0.5, 0.6) is 0 Å². The Labute approximate surface area is 471 Å². The van der Waals surface area contributed by atoms with Crippen LogP contribution in [0, 0.1) is 0 Å². The minimum atomic E-state index is -0.839. The van der Waals surface area contributed by atoms with Crippen molar-refractivity contribution in [3.8, 4) is 0 Å². The molecule has 3 N–H and O–H groups in total. The Hall–Kier alpha value is -1.65. The monoisotopic (exact) mass is 1050 g/mol. The van der Waals surface area contributed by atoms with Crippen molar-refractivity contribution in [1.82, 2.24) is 5.32 Å². The van der Waals surface area contributed by atoms with E-state index in [1.807, 2.05) is 6.08 Å². The molecule has 0 aromatic heterocycles. The van der Waals surface area contributed by atoms with E-state index in [0.29, 0.717) is 6.42 Å². The summed E-state index contributed by atoms with van der Waals surface area (Å²) in [4.78, 5) is 12.5. The zero-order valence-electron chi connectivity index (χ0n) is 51.1. The van der Waals surface area contributed by atoms with E-state index in [1.165, 1.54) is 321 Å². The highest BCUT2D eigenvalue weighted by atomic mass is 16.3. The number of aliphatic hydroxyl groups excluding tert-OH is 2. The number of nitrogens with one attached hydrogen (secondary N) is 1. The molecular weight excluding hydrogens is 915 g/mol. The molecule has 1 amide bonds. The Morgan fingerprint density at radius 2 is 0.547 bits per heavy atom. The SMILES string of the molecule is CCCCCCC/C=C\C/C=C\C/C=C\CCCCCCCCCCCCCCCCCCCCCCCCCCC(=O)NC(CO)C(O)/C=C/CCCCCCCCCCCCCCCCCCCCCCCC. The molecule has 0 aliphatic rings. The third kappa shape index (κ3) is 63.1. The third-order valence-corrected chi connectivity index (χ3v) is 16.1. The van der Waals surface area contributed by atoms with Crippen LogP contribution in [0.1, 0.15) is 380 Å². The number of rotatable bonds is 64. The van der Waals surface area contributed by atoms with Gasteiger partial charge >= 0.3 is 0 Å². The van der Waals surface area contributed by atoms with Gasteiger partial charge in [0.05, 0.1) is 18.8 Å². The molecule has 442 valence electrons. The molecule has 4 nitrogen and oxygen atoms in total. The highest BCUT2D eigenvalue weighted by Crippen LogP contribution is 2.19. The lowest BCUT2D eigenvalue weighted by Crippen LogP contribution is -2.45. The molecule has 4 heteroatoms. The molecule has 2 unspecified atom stereocenters. The molecule has 0 aromatic carbocycles. The zero-order valence-corrected chi connectivity index (χ0v) is 51.1. The van der Waals surface area contributed by atoms with Gasteiger partial charge in [0, 0.05) is 6.42 Å². The van der Waals surface area contributed by atoms with E-state index in [2.05, 4.69) is 55.6 Å². The van der Waals surface area contributed by atoms with Crippen molar-refractivity contribution < 1.29 is 15.0 Å². The topological polar surface area (TPSA) is 69.6 Å². The number of allylic oxidation sites excluding steroid dienone is 7. The fourth-order valence-corrected chi connectivity index (χ4v) is 10.8. The maximum Gasteiger partial charge on any atom is 0.220 e. The van der Waals surface area contributed by atoms with Crippen LogP contribution in [-0.2, 0) is 4.79 Å². The molecule has 0 aliphatic carbocycles. The van der Waals surface area contributed by atoms with E-state index in [-0.39, 0.29) is 12.5 Å². The fraction of sp³-hybridized carbons (Fsp3) is 0.873. The second-order valence-electron chi connectivity index (χ2n) is 23.6. The summed E-state index contributed by atoms with van der Waals surface area (Å²) in [5, 5.41) is 23.3. The van der Waals surface area contributed by atoms with Crippen LogP contribution in [0.15, 0.2) is 48.6 Å². The Kier molecular flexibility index (Phi) is 65.2. The molecule has 0 spiro atoms. The summed E-state index contributed by atoms with van der Waals surface area (Å²) in [6, 6.07) is -0.622. The second kappa shape index (κ2) is 66.6. The van der Waals surface area contributed by atoms with Gasteiger partial charge in [0.2, 0.25) is 5.91 Å². The van der Waals surface area contributed by atoms with E-state index in [9.17, 15) is 15.0 Å². The van der Waals surface area contributed by atoms with Crippen LogP contribution in [0.4, 0.5) is 0 Å². The summed E-state index contributed by atoms with van der Waals surface area (Å²) >= 11 is 0. The smallest absolute Gasteiger partial charge is 0.220 e. The van der Waals surface area contributed by atoms with Gasteiger partial charge in [0.25, 0.3) is 0 Å². The highest BCUT2D eigenvalue weighted by molar-refractivity contribution is 5.76. The number of amides is 1. The van der Waals surface area contributed by atoms with Gasteiger partial charge < -0.3 is 15.5 Å². The van der Waals surface area contributed by atoms with Crippen LogP contribution in [0.3, 0.4) is 0 Å². The van der Waals surface area contributed by atoms with Crippen molar-refractivity contribution in [3.63, 3.8) is 0 Å². The van der Waals surface area contributed by atoms with Crippen LogP contribution >= 0.6 is 0 Å². The van der Waals surface area contributed by atoms with Gasteiger partial charge in [-0.25, -0.2) is 0 Å². The first-order valence-corrected chi connectivity index (χ1v) is 34.4. The van der Waals surface area contributed by atoms with Crippen molar-refractivity contribution in [1.29, 1.82) is 0 Å². The predicted molar refractivity (Wildman–Crippen MR) is 336 cm³/mol. The van der Waals surface area contributed by atoms with Gasteiger partial charge in [-0.1, -0.05) is 364 Å². The van der Waals surface area contributed by atoms with Gasteiger partial charge in [0.1, 0.15) is 0 Å². The summed E-state index contributed by atoms with van der Waals surface area (Å²) in [5.74, 6) is -0.0562. The third-order valence-electron chi connectivity index (χ3n) is 16.1. The lowest BCUT2D eigenvalue weighted by Gasteiger charge is -2.20. The largest absolute Gasteiger partial charge is 0.394 e. The molecule has 0 heterocycles. The Balaban J connectivity index is 3.41. The zero-order chi connectivity index (χ0) is 54.1. The van der Waals surface area contributed by atoms with Crippen LogP contribution < -0.4 is 5.32 Å². The van der Waals surface area contributed by atoms with Gasteiger partial charge in [-0.2, -0.15) is 0 Å². The lowest BCUT2D eigenvalue weighted by molar-refractivity contribution is -0.123. The molecular formula is C71H135NO3. The average Bonchev–Trinajstić information content (AvgIpc) is 3.41. The predicted octanol–water partition coefficient (Wildman–Crippen LogP) is 23.3. The van der Waals surface area contributed by atoms with E-state index >= 15 is 0 Å². The molecule has 0 fully saturated rings. The molecule has 0 saturated carbocycles.